The third-order valence-corrected chi connectivity index (χ3v) is 7.81. The van der Waals surface area contributed by atoms with Gasteiger partial charge in [-0.05, 0) is 30.5 Å². The molecule has 2 aromatic rings. The van der Waals surface area contributed by atoms with Gasteiger partial charge in [-0.2, -0.15) is 0 Å². The molecule has 3 aliphatic rings. The Morgan fingerprint density at radius 2 is 1.85 bits per heavy atom. The fraction of sp³-hybridized carbons (Fsp3) is 0.500. The zero-order chi connectivity index (χ0) is 27.9. The lowest BCUT2D eigenvalue weighted by atomic mass is 9.96. The third-order valence-electron chi connectivity index (χ3n) is 7.81. The number of fused-ring (bicyclic) bond motifs is 4. The molecule has 214 valence electrons. The summed E-state index contributed by atoms with van der Waals surface area (Å²) in [6, 6.07) is 16.4. The summed E-state index contributed by atoms with van der Waals surface area (Å²) in [7, 11) is 1.48. The molecule has 2 N–H and O–H groups in total. The van der Waals surface area contributed by atoms with Gasteiger partial charge in [0.15, 0.2) is 0 Å². The number of ether oxygens (including phenoxy) is 3. The van der Waals surface area contributed by atoms with E-state index in [4.69, 9.17) is 14.2 Å². The normalized spacial score (nSPS) is 26.0. The van der Waals surface area contributed by atoms with E-state index in [2.05, 4.69) is 27.7 Å². The molecule has 10 nitrogen and oxygen atoms in total. The van der Waals surface area contributed by atoms with E-state index in [0.717, 1.165) is 18.4 Å². The average molecular weight is 551 g/mol. The van der Waals surface area contributed by atoms with Crippen LogP contribution in [-0.2, 0) is 25.6 Å². The number of benzene rings is 2. The summed E-state index contributed by atoms with van der Waals surface area (Å²) < 4.78 is 17.4. The van der Waals surface area contributed by atoms with Crippen LogP contribution in [0.25, 0.3) is 0 Å². The van der Waals surface area contributed by atoms with Crippen molar-refractivity contribution in [3.63, 3.8) is 0 Å². The van der Waals surface area contributed by atoms with Gasteiger partial charge in [0.2, 0.25) is 11.8 Å². The Labute approximate surface area is 234 Å². The van der Waals surface area contributed by atoms with Crippen LogP contribution in [0.3, 0.4) is 0 Å². The van der Waals surface area contributed by atoms with Gasteiger partial charge in [0.1, 0.15) is 18.4 Å². The number of piperazine rings is 1. The Kier molecular flexibility index (Phi) is 9.30. The second kappa shape index (κ2) is 13.3. The van der Waals surface area contributed by atoms with Gasteiger partial charge in [-0.25, -0.2) is 0 Å². The van der Waals surface area contributed by atoms with Crippen molar-refractivity contribution in [2.24, 2.45) is 0 Å². The second-order valence-electron chi connectivity index (χ2n) is 10.6. The highest BCUT2D eigenvalue weighted by Gasteiger charge is 2.38. The predicted molar refractivity (Wildman–Crippen MR) is 148 cm³/mol. The molecular formula is C30H38N4O6. The topological polar surface area (TPSA) is 109 Å². The minimum Gasteiger partial charge on any atom is -0.493 e. The number of hydrogen-bond acceptors (Lipinski definition) is 7. The summed E-state index contributed by atoms with van der Waals surface area (Å²) in [4.78, 5) is 43.7. The lowest BCUT2D eigenvalue weighted by Crippen LogP contribution is -2.62. The van der Waals surface area contributed by atoms with Crippen molar-refractivity contribution in [1.82, 2.24) is 20.4 Å². The summed E-state index contributed by atoms with van der Waals surface area (Å²) in [5, 5.41) is 6.05. The number of hydrogen-bond donors (Lipinski definition) is 2. The molecule has 3 aliphatic heterocycles. The summed E-state index contributed by atoms with van der Waals surface area (Å²) in [5.74, 6) is -0.170. The number of nitrogens with one attached hydrogen (secondary N) is 2. The van der Waals surface area contributed by atoms with Gasteiger partial charge in [0.25, 0.3) is 5.91 Å². The molecule has 0 unspecified atom stereocenters. The molecule has 4 atom stereocenters. The van der Waals surface area contributed by atoms with Gasteiger partial charge in [-0.3, -0.25) is 19.3 Å². The Bertz CT molecular complexity index is 1180. The molecule has 0 aliphatic carbocycles. The number of nitrogens with zero attached hydrogens (tertiary/aromatic N) is 2. The van der Waals surface area contributed by atoms with E-state index >= 15 is 0 Å². The monoisotopic (exact) mass is 550 g/mol. The second-order valence-corrected chi connectivity index (χ2v) is 10.6. The zero-order valence-electron chi connectivity index (χ0n) is 22.9. The van der Waals surface area contributed by atoms with Crippen molar-refractivity contribution in [1.29, 1.82) is 0 Å². The minimum atomic E-state index is -0.693. The molecule has 0 aromatic heterocycles. The van der Waals surface area contributed by atoms with E-state index in [1.54, 1.807) is 17.0 Å². The number of carbonyl (C=O) groups excluding carboxylic acids is 3. The van der Waals surface area contributed by atoms with Gasteiger partial charge in [-0.15, -0.1) is 0 Å². The van der Waals surface area contributed by atoms with Crippen LogP contribution >= 0.6 is 0 Å². The van der Waals surface area contributed by atoms with E-state index in [1.165, 1.54) is 7.11 Å². The minimum absolute atomic E-state index is 0.0390. The maximum atomic E-state index is 13.8. The highest BCUT2D eigenvalue weighted by molar-refractivity contribution is 6.00. The number of rotatable bonds is 5. The average Bonchev–Trinajstić information content (AvgIpc) is 2.97. The van der Waals surface area contributed by atoms with Gasteiger partial charge in [-0.1, -0.05) is 42.5 Å². The van der Waals surface area contributed by atoms with Crippen LogP contribution in [0.5, 0.6) is 5.75 Å². The molecule has 2 bridgehead atoms. The van der Waals surface area contributed by atoms with Crippen molar-refractivity contribution >= 4 is 17.7 Å². The zero-order valence-corrected chi connectivity index (χ0v) is 22.9. The number of methoxy groups -OCH3 is 1. The first-order valence-electron chi connectivity index (χ1n) is 14.0. The molecule has 2 aromatic carbocycles. The highest BCUT2D eigenvalue weighted by atomic mass is 16.5. The Morgan fingerprint density at radius 1 is 1.05 bits per heavy atom. The Hall–Kier alpha value is -3.47. The first-order chi connectivity index (χ1) is 19.5. The molecule has 0 radical (unpaired) electrons. The smallest absolute Gasteiger partial charge is 0.258 e. The number of amides is 3. The van der Waals surface area contributed by atoms with Crippen LogP contribution < -0.4 is 15.4 Å². The maximum absolute atomic E-state index is 13.8. The van der Waals surface area contributed by atoms with Gasteiger partial charge in [0.05, 0.1) is 30.4 Å². The summed E-state index contributed by atoms with van der Waals surface area (Å²) >= 11 is 0. The molecule has 3 heterocycles. The predicted octanol–water partition coefficient (Wildman–Crippen LogP) is 1.59. The number of para-hydroxylation sites is 1. The van der Waals surface area contributed by atoms with Crippen molar-refractivity contribution in [3.8, 4) is 5.75 Å². The van der Waals surface area contributed by atoms with Crippen molar-refractivity contribution in [2.45, 2.75) is 50.1 Å². The van der Waals surface area contributed by atoms with Crippen molar-refractivity contribution in [2.75, 3.05) is 46.5 Å². The SMILES string of the molecule is COCC(=O)N[C@@H]1CC[C@H]2CCOc3ccccc3C(=O)N3CCN(Cc4ccccc4)C[C@H]3C(=O)NC[C@H]1O2. The van der Waals surface area contributed by atoms with Crippen LogP contribution in [0.2, 0.25) is 0 Å². The summed E-state index contributed by atoms with van der Waals surface area (Å²) in [6.07, 6.45) is 1.60. The van der Waals surface area contributed by atoms with Gasteiger partial charge in [0, 0.05) is 46.3 Å². The molecule has 0 spiro atoms. The standard InChI is InChI=1S/C30H38N4O6/c1-38-20-28(35)32-24-12-11-22-13-16-39-26-10-6-5-9-23(26)30(37)34-15-14-33(18-21-7-3-2-4-8-21)19-25(34)29(36)31-17-27(24)40-22/h2-10,22,24-25,27H,11-20H2,1H3,(H,31,36)(H,32,35)/t22-,24+,25-,27+/m0/s1. The van der Waals surface area contributed by atoms with Crippen molar-refractivity contribution < 1.29 is 28.6 Å². The first-order valence-corrected chi connectivity index (χ1v) is 14.0. The van der Waals surface area contributed by atoms with Crippen molar-refractivity contribution in [3.05, 3.63) is 65.7 Å². The van der Waals surface area contributed by atoms with E-state index in [1.807, 2.05) is 30.3 Å². The lowest BCUT2D eigenvalue weighted by Gasteiger charge is -2.42. The largest absolute Gasteiger partial charge is 0.493 e. The van der Waals surface area contributed by atoms with Crippen LogP contribution in [0, 0.1) is 0 Å². The number of carbonyl (C=O) groups is 3. The molecule has 5 rings (SSSR count). The quantitative estimate of drug-likeness (QED) is 0.582. The Morgan fingerprint density at radius 3 is 2.67 bits per heavy atom. The molecule has 0 saturated carbocycles. The molecule has 10 heteroatoms. The van der Waals surface area contributed by atoms with Crippen LogP contribution in [0.15, 0.2) is 54.6 Å². The van der Waals surface area contributed by atoms with Crippen LogP contribution in [-0.4, -0.2) is 98.3 Å². The van der Waals surface area contributed by atoms with E-state index in [0.29, 0.717) is 50.5 Å². The molecular weight excluding hydrogens is 512 g/mol. The highest BCUT2D eigenvalue weighted by Crippen LogP contribution is 2.26. The van der Waals surface area contributed by atoms with Gasteiger partial charge >= 0.3 is 0 Å². The van der Waals surface area contributed by atoms with Crippen LogP contribution in [0.1, 0.15) is 35.2 Å². The fourth-order valence-corrected chi connectivity index (χ4v) is 5.74. The van der Waals surface area contributed by atoms with Crippen LogP contribution in [0.4, 0.5) is 0 Å². The van der Waals surface area contributed by atoms with E-state index in [-0.39, 0.29) is 43.0 Å². The summed E-state index contributed by atoms with van der Waals surface area (Å²) in [5.41, 5.74) is 1.61. The Balaban J connectivity index is 1.39. The molecule has 2 saturated heterocycles. The summed E-state index contributed by atoms with van der Waals surface area (Å²) in [6.45, 7) is 2.73. The third kappa shape index (κ3) is 6.80. The molecule has 40 heavy (non-hydrogen) atoms. The van der Waals surface area contributed by atoms with E-state index in [9.17, 15) is 14.4 Å². The molecule has 2 fully saturated rings. The van der Waals surface area contributed by atoms with Gasteiger partial charge < -0.3 is 29.7 Å². The molecule has 3 amide bonds. The van der Waals surface area contributed by atoms with E-state index < -0.39 is 12.1 Å². The first kappa shape index (κ1) is 28.1. The lowest BCUT2D eigenvalue weighted by molar-refractivity contribution is -0.132. The maximum Gasteiger partial charge on any atom is 0.258 e. The fourth-order valence-electron chi connectivity index (χ4n) is 5.74.